The summed E-state index contributed by atoms with van der Waals surface area (Å²) < 4.78 is 10.8. The number of aromatic nitrogens is 5. The molecule has 0 amide bonds. The first-order valence-electron chi connectivity index (χ1n) is 8.08. The van der Waals surface area contributed by atoms with Crippen molar-refractivity contribution < 1.29 is 9.47 Å². The van der Waals surface area contributed by atoms with Gasteiger partial charge >= 0.3 is 0 Å². The third kappa shape index (κ3) is 6.22. The predicted molar refractivity (Wildman–Crippen MR) is 97.2 cm³/mol. The van der Waals surface area contributed by atoms with E-state index in [-0.39, 0.29) is 18.1 Å². The molecule has 0 fully saturated rings. The lowest BCUT2D eigenvalue weighted by molar-refractivity contribution is 0.0769. The first-order chi connectivity index (χ1) is 11.9. The summed E-state index contributed by atoms with van der Waals surface area (Å²) in [6.45, 7) is 5.89. The van der Waals surface area contributed by atoms with Crippen LogP contribution in [0.3, 0.4) is 0 Å². The van der Waals surface area contributed by atoms with E-state index in [0.29, 0.717) is 16.1 Å². The van der Waals surface area contributed by atoms with E-state index in [1.54, 1.807) is 27.2 Å². The second kappa shape index (κ2) is 9.47. The Morgan fingerprint density at radius 3 is 2.32 bits per heavy atom. The van der Waals surface area contributed by atoms with Crippen LogP contribution in [0.2, 0.25) is 5.15 Å². The number of hydrogen-bond acceptors (Lipinski definition) is 7. The normalized spacial score (nSPS) is 15.1. The zero-order valence-electron chi connectivity index (χ0n) is 15.1. The Kier molecular flexibility index (Phi) is 7.61. The molecule has 7 nitrogen and oxygen atoms in total. The van der Waals surface area contributed by atoms with Crippen molar-refractivity contribution in [3.8, 4) is 0 Å². The maximum absolute atomic E-state index is 5.98. The van der Waals surface area contributed by atoms with Gasteiger partial charge in [-0.3, -0.25) is 5.10 Å². The predicted octanol–water partition coefficient (Wildman–Crippen LogP) is 3.64. The van der Waals surface area contributed by atoms with E-state index < -0.39 is 0 Å². The van der Waals surface area contributed by atoms with Crippen molar-refractivity contribution in [2.75, 3.05) is 14.2 Å². The third-order valence-corrected chi connectivity index (χ3v) is 4.86. The van der Waals surface area contributed by atoms with Gasteiger partial charge in [-0.2, -0.15) is 0 Å². The van der Waals surface area contributed by atoms with Gasteiger partial charge in [-0.25, -0.2) is 15.0 Å². The molecule has 0 saturated heterocycles. The molecule has 0 bridgehead atoms. The molecule has 2 rings (SSSR count). The summed E-state index contributed by atoms with van der Waals surface area (Å²) >= 11 is 7.33. The Balaban J connectivity index is 2.14. The molecule has 0 aliphatic heterocycles. The van der Waals surface area contributed by atoms with E-state index in [0.717, 1.165) is 23.7 Å². The SMILES string of the molecule is COC(C)CC(CC(C)OC)c1nc(Sc2cc(Cl)nc(C)n2)n[nH]1. The molecule has 2 atom stereocenters. The lowest BCUT2D eigenvalue weighted by Gasteiger charge is -2.20. The lowest BCUT2D eigenvalue weighted by atomic mass is 9.95. The van der Waals surface area contributed by atoms with E-state index in [9.17, 15) is 0 Å². The topological polar surface area (TPSA) is 85.8 Å². The molecule has 0 aliphatic carbocycles. The van der Waals surface area contributed by atoms with Crippen LogP contribution in [-0.2, 0) is 9.47 Å². The number of nitrogens with one attached hydrogen (secondary N) is 1. The molecule has 0 aliphatic rings. The van der Waals surface area contributed by atoms with Crippen LogP contribution in [0, 0.1) is 6.92 Å². The number of hydrogen-bond donors (Lipinski definition) is 1. The Morgan fingerprint density at radius 1 is 1.12 bits per heavy atom. The van der Waals surface area contributed by atoms with Crippen molar-refractivity contribution in [2.24, 2.45) is 0 Å². The van der Waals surface area contributed by atoms with Crippen LogP contribution in [-0.4, -0.2) is 51.6 Å². The van der Waals surface area contributed by atoms with Crippen molar-refractivity contribution in [2.45, 2.75) is 61.9 Å². The number of rotatable bonds is 9. The first kappa shape index (κ1) is 20.1. The zero-order chi connectivity index (χ0) is 18.4. The highest BCUT2D eigenvalue weighted by Crippen LogP contribution is 2.29. The summed E-state index contributed by atoms with van der Waals surface area (Å²) in [5.41, 5.74) is 0. The molecule has 0 aromatic carbocycles. The lowest BCUT2D eigenvalue weighted by Crippen LogP contribution is -2.18. The van der Waals surface area contributed by atoms with Gasteiger partial charge in [-0.15, -0.1) is 5.10 Å². The molecule has 0 saturated carbocycles. The highest BCUT2D eigenvalue weighted by atomic mass is 35.5. The molecule has 2 unspecified atom stereocenters. The molecule has 2 aromatic rings. The second-order valence-electron chi connectivity index (χ2n) is 5.94. The number of aromatic amines is 1. The van der Waals surface area contributed by atoms with Gasteiger partial charge in [0.05, 0.1) is 12.2 Å². The van der Waals surface area contributed by atoms with Gasteiger partial charge in [0, 0.05) is 26.2 Å². The summed E-state index contributed by atoms with van der Waals surface area (Å²) in [5, 5.41) is 9.07. The summed E-state index contributed by atoms with van der Waals surface area (Å²) in [7, 11) is 3.43. The number of methoxy groups -OCH3 is 2. The quantitative estimate of drug-likeness (QED) is 0.659. The maximum Gasteiger partial charge on any atom is 0.214 e. The summed E-state index contributed by atoms with van der Waals surface area (Å²) in [5.74, 6) is 1.61. The molecule has 2 aromatic heterocycles. The molecule has 9 heteroatoms. The average molecular weight is 386 g/mol. The Morgan fingerprint density at radius 2 is 1.76 bits per heavy atom. The largest absolute Gasteiger partial charge is 0.382 e. The van der Waals surface area contributed by atoms with Gasteiger partial charge in [0.15, 0.2) is 0 Å². The minimum atomic E-state index is 0.124. The van der Waals surface area contributed by atoms with Gasteiger partial charge in [0.2, 0.25) is 5.16 Å². The second-order valence-corrected chi connectivity index (χ2v) is 7.32. The molecule has 0 spiro atoms. The van der Waals surface area contributed by atoms with Crippen molar-refractivity contribution in [1.29, 1.82) is 0 Å². The smallest absolute Gasteiger partial charge is 0.214 e. The van der Waals surface area contributed by atoms with Crippen molar-refractivity contribution in [3.63, 3.8) is 0 Å². The van der Waals surface area contributed by atoms with Crippen molar-refractivity contribution in [1.82, 2.24) is 25.1 Å². The fourth-order valence-corrected chi connectivity index (χ4v) is 3.51. The van der Waals surface area contributed by atoms with E-state index >= 15 is 0 Å². The number of aryl methyl sites for hydroxylation is 1. The number of halogens is 1. The van der Waals surface area contributed by atoms with Gasteiger partial charge < -0.3 is 9.47 Å². The molecular formula is C16H24ClN5O2S. The molecular weight excluding hydrogens is 362 g/mol. The van der Waals surface area contributed by atoms with Crippen LogP contribution in [0.25, 0.3) is 0 Å². The highest BCUT2D eigenvalue weighted by Gasteiger charge is 2.22. The minimum Gasteiger partial charge on any atom is -0.382 e. The van der Waals surface area contributed by atoms with Crippen LogP contribution in [0.15, 0.2) is 16.2 Å². The van der Waals surface area contributed by atoms with Crippen molar-refractivity contribution in [3.05, 3.63) is 22.9 Å². The van der Waals surface area contributed by atoms with Crippen LogP contribution in [0.1, 0.15) is 44.3 Å². The van der Waals surface area contributed by atoms with E-state index in [1.807, 2.05) is 13.8 Å². The van der Waals surface area contributed by atoms with Crippen molar-refractivity contribution >= 4 is 23.4 Å². The summed E-state index contributed by atoms with van der Waals surface area (Å²) in [6.07, 6.45) is 1.92. The maximum atomic E-state index is 5.98. The van der Waals surface area contributed by atoms with Crippen LogP contribution in [0.4, 0.5) is 0 Å². The first-order valence-corrected chi connectivity index (χ1v) is 9.27. The van der Waals surface area contributed by atoms with Gasteiger partial charge in [0.1, 0.15) is 21.8 Å². The Labute approximate surface area is 157 Å². The van der Waals surface area contributed by atoms with Gasteiger partial charge in [0.25, 0.3) is 0 Å². The van der Waals surface area contributed by atoms with E-state index in [2.05, 4.69) is 25.1 Å². The van der Waals surface area contributed by atoms with Crippen LogP contribution < -0.4 is 0 Å². The number of ether oxygens (including phenoxy) is 2. The monoisotopic (exact) mass is 385 g/mol. The van der Waals surface area contributed by atoms with E-state index in [1.165, 1.54) is 11.8 Å². The van der Waals surface area contributed by atoms with E-state index in [4.69, 9.17) is 21.1 Å². The third-order valence-electron chi connectivity index (χ3n) is 3.89. The van der Waals surface area contributed by atoms with Crippen LogP contribution >= 0.6 is 23.4 Å². The molecule has 0 radical (unpaired) electrons. The number of H-pyrrole nitrogens is 1. The molecule has 1 N–H and O–H groups in total. The average Bonchev–Trinajstić information content (AvgIpc) is 3.01. The highest BCUT2D eigenvalue weighted by molar-refractivity contribution is 7.99. The molecule has 138 valence electrons. The molecule has 2 heterocycles. The Bertz CT molecular complexity index is 652. The summed E-state index contributed by atoms with van der Waals surface area (Å²) in [6, 6.07) is 1.70. The van der Waals surface area contributed by atoms with Crippen LogP contribution in [0.5, 0.6) is 0 Å². The Hall–Kier alpha value is -1.22. The minimum absolute atomic E-state index is 0.124. The number of nitrogens with zero attached hydrogens (tertiary/aromatic N) is 4. The fraction of sp³-hybridized carbons (Fsp3) is 0.625. The van der Waals surface area contributed by atoms with Gasteiger partial charge in [-0.05, 0) is 45.4 Å². The fourth-order valence-electron chi connectivity index (χ4n) is 2.45. The summed E-state index contributed by atoms with van der Waals surface area (Å²) in [4.78, 5) is 13.0. The standard InChI is InChI=1S/C16H24ClN5O2S/c1-9(23-4)6-12(7-10(2)24-5)15-20-16(22-21-15)25-14-8-13(17)18-11(3)19-14/h8-10,12H,6-7H2,1-5H3,(H,20,21,22). The zero-order valence-corrected chi connectivity index (χ0v) is 16.7. The van der Waals surface area contributed by atoms with Gasteiger partial charge in [-0.1, -0.05) is 11.6 Å². The molecule has 25 heavy (non-hydrogen) atoms.